The van der Waals surface area contributed by atoms with Crippen molar-refractivity contribution in [2.75, 3.05) is 0 Å². The number of hydrogen-bond donors (Lipinski definition) is 1. The summed E-state index contributed by atoms with van der Waals surface area (Å²) in [5, 5.41) is 9.23. The van der Waals surface area contributed by atoms with Crippen LogP contribution < -0.4 is 11.2 Å². The Morgan fingerprint density at radius 3 is 2.80 bits per heavy atom. The molecule has 0 atom stereocenters. The summed E-state index contributed by atoms with van der Waals surface area (Å²) in [6.45, 7) is 0. The van der Waals surface area contributed by atoms with Gasteiger partial charge in [0.2, 0.25) is 0 Å². The predicted molar refractivity (Wildman–Crippen MR) is 71.7 cm³/mol. The lowest BCUT2D eigenvalue weighted by Gasteiger charge is -2.12. The van der Waals surface area contributed by atoms with Crippen molar-refractivity contribution in [3.05, 3.63) is 43.6 Å². The second-order valence-electron chi connectivity index (χ2n) is 4.15. The van der Waals surface area contributed by atoms with E-state index in [2.05, 4.69) is 15.0 Å². The molecule has 3 rings (SSSR count). The molecule has 0 spiro atoms. The van der Waals surface area contributed by atoms with E-state index in [9.17, 15) is 9.59 Å². The van der Waals surface area contributed by atoms with Crippen LogP contribution in [0.3, 0.4) is 0 Å². The molecule has 0 aromatic heterocycles. The van der Waals surface area contributed by atoms with E-state index in [1.165, 1.54) is 16.7 Å². The lowest BCUT2D eigenvalue weighted by Crippen LogP contribution is -2.28. The van der Waals surface area contributed by atoms with Crippen molar-refractivity contribution in [3.63, 3.8) is 0 Å². The fourth-order valence-electron chi connectivity index (χ4n) is 2.00. The summed E-state index contributed by atoms with van der Waals surface area (Å²) in [5.41, 5.74) is -0.0407. The fourth-order valence-corrected chi connectivity index (χ4v) is 2.20. The summed E-state index contributed by atoms with van der Waals surface area (Å²) in [6.07, 6.45) is 0. The topological polar surface area (TPSA) is 104 Å². The third-order valence-corrected chi connectivity index (χ3v) is 3.26. The SMILES string of the molecule is Cn1c2nc(=O)[nH]c(=O)c-2nc2cc(Cl)c(C#N)cc21. The van der Waals surface area contributed by atoms with Gasteiger partial charge in [-0.1, -0.05) is 11.6 Å². The van der Waals surface area contributed by atoms with Crippen molar-refractivity contribution in [3.8, 4) is 17.6 Å². The van der Waals surface area contributed by atoms with Crippen molar-refractivity contribution in [2.24, 2.45) is 7.05 Å². The van der Waals surface area contributed by atoms with Gasteiger partial charge in [-0.3, -0.25) is 9.78 Å². The minimum absolute atomic E-state index is 0.0420. The van der Waals surface area contributed by atoms with Crippen molar-refractivity contribution >= 4 is 22.6 Å². The lowest BCUT2D eigenvalue weighted by atomic mass is 10.2. The maximum Gasteiger partial charge on any atom is 0.349 e. The molecule has 1 aromatic carbocycles. The number of benzene rings is 1. The van der Waals surface area contributed by atoms with Gasteiger partial charge >= 0.3 is 5.69 Å². The number of rotatable bonds is 0. The third-order valence-electron chi connectivity index (χ3n) is 2.95. The molecule has 20 heavy (non-hydrogen) atoms. The number of nitriles is 1. The molecule has 8 heteroatoms. The molecule has 7 nitrogen and oxygen atoms in total. The number of halogens is 1. The van der Waals surface area contributed by atoms with E-state index in [1.54, 1.807) is 7.05 Å². The Kier molecular flexibility index (Phi) is 2.55. The van der Waals surface area contributed by atoms with Gasteiger partial charge in [-0.2, -0.15) is 10.2 Å². The van der Waals surface area contributed by atoms with Crippen LogP contribution in [0.25, 0.3) is 22.6 Å². The molecule has 0 saturated carbocycles. The number of hydrogen-bond acceptors (Lipinski definition) is 5. The zero-order valence-electron chi connectivity index (χ0n) is 10.1. The molecular formula is C12H6ClN5O2. The highest BCUT2D eigenvalue weighted by Crippen LogP contribution is 2.25. The third kappa shape index (κ3) is 1.66. The van der Waals surface area contributed by atoms with Gasteiger partial charge < -0.3 is 4.57 Å². The molecule has 0 saturated heterocycles. The fraction of sp³-hybridized carbons (Fsp3) is 0.0833. The number of H-pyrrole nitrogens is 1. The Balaban J connectivity index is 2.59. The van der Waals surface area contributed by atoms with E-state index in [0.717, 1.165) is 0 Å². The molecular weight excluding hydrogens is 282 g/mol. The lowest BCUT2D eigenvalue weighted by molar-refractivity contribution is 0.870. The quantitative estimate of drug-likeness (QED) is 0.611. The summed E-state index contributed by atoms with van der Waals surface area (Å²) in [6, 6.07) is 5.00. The average molecular weight is 288 g/mol. The Hall–Kier alpha value is -2.72. The summed E-state index contributed by atoms with van der Waals surface area (Å²) < 4.78 is 1.53. The van der Waals surface area contributed by atoms with Gasteiger partial charge in [0.15, 0.2) is 11.5 Å². The van der Waals surface area contributed by atoms with Gasteiger partial charge in [-0.25, -0.2) is 9.78 Å². The van der Waals surface area contributed by atoms with E-state index in [-0.39, 0.29) is 22.1 Å². The van der Waals surface area contributed by atoms with Crippen LogP contribution in [0.15, 0.2) is 21.7 Å². The van der Waals surface area contributed by atoms with Gasteiger partial charge in [-0.05, 0) is 12.1 Å². The molecule has 0 amide bonds. The molecule has 0 radical (unpaired) electrons. The normalized spacial score (nSPS) is 10.8. The van der Waals surface area contributed by atoms with Crippen LogP contribution in [-0.2, 0) is 7.05 Å². The molecule has 1 N–H and O–H groups in total. The molecule has 98 valence electrons. The number of nitrogens with zero attached hydrogens (tertiary/aromatic N) is 4. The second kappa shape index (κ2) is 4.15. The van der Waals surface area contributed by atoms with Gasteiger partial charge in [0, 0.05) is 7.05 Å². The van der Waals surface area contributed by atoms with Gasteiger partial charge in [0.05, 0.1) is 21.6 Å². The zero-order valence-corrected chi connectivity index (χ0v) is 10.9. The van der Waals surface area contributed by atoms with Gasteiger partial charge in [0.1, 0.15) is 6.07 Å². The number of aryl methyl sites for hydroxylation is 1. The second-order valence-corrected chi connectivity index (χ2v) is 4.55. The Morgan fingerprint density at radius 1 is 1.35 bits per heavy atom. The Bertz CT molecular complexity index is 982. The van der Waals surface area contributed by atoms with E-state index in [0.29, 0.717) is 11.0 Å². The van der Waals surface area contributed by atoms with E-state index >= 15 is 0 Å². The molecule has 2 aliphatic heterocycles. The molecule has 2 heterocycles. The van der Waals surface area contributed by atoms with E-state index < -0.39 is 11.2 Å². The highest BCUT2D eigenvalue weighted by Gasteiger charge is 2.17. The summed E-state index contributed by atoms with van der Waals surface area (Å²) in [5.74, 6) is 0.150. The first-order valence-electron chi connectivity index (χ1n) is 5.51. The first kappa shape index (κ1) is 12.3. The highest BCUT2D eigenvalue weighted by molar-refractivity contribution is 6.32. The number of aromatic nitrogens is 4. The maximum absolute atomic E-state index is 11.7. The van der Waals surface area contributed by atoms with Crippen molar-refractivity contribution in [2.45, 2.75) is 0 Å². The minimum atomic E-state index is -0.742. The van der Waals surface area contributed by atoms with Crippen LogP contribution in [0, 0.1) is 11.3 Å². The van der Waals surface area contributed by atoms with E-state index in [4.69, 9.17) is 16.9 Å². The maximum atomic E-state index is 11.7. The van der Waals surface area contributed by atoms with Crippen molar-refractivity contribution in [1.29, 1.82) is 5.26 Å². The van der Waals surface area contributed by atoms with Crippen LogP contribution in [0.4, 0.5) is 0 Å². The van der Waals surface area contributed by atoms with Crippen molar-refractivity contribution in [1.82, 2.24) is 19.5 Å². The Labute approximate surface area is 116 Å². The molecule has 0 fully saturated rings. The standard InChI is InChI=1S/C12H6ClN5O2/c1-18-8-2-5(4-14)6(13)3-7(8)15-9-10(18)16-12(20)17-11(9)19/h2-3H,1H3,(H,17,19,20). The first-order valence-corrected chi connectivity index (χ1v) is 5.89. The summed E-state index contributed by atoms with van der Waals surface area (Å²) >= 11 is 5.95. The number of nitrogens with one attached hydrogen (secondary N) is 1. The smallest absolute Gasteiger partial charge is 0.325 e. The Morgan fingerprint density at radius 2 is 2.10 bits per heavy atom. The number of aromatic amines is 1. The van der Waals surface area contributed by atoms with Crippen LogP contribution in [0.5, 0.6) is 0 Å². The van der Waals surface area contributed by atoms with Crippen LogP contribution in [-0.4, -0.2) is 19.5 Å². The van der Waals surface area contributed by atoms with Crippen LogP contribution >= 0.6 is 11.6 Å². The molecule has 0 bridgehead atoms. The first-order chi connectivity index (χ1) is 9.51. The van der Waals surface area contributed by atoms with Crippen LogP contribution in [0.1, 0.15) is 5.56 Å². The minimum Gasteiger partial charge on any atom is -0.325 e. The van der Waals surface area contributed by atoms with Gasteiger partial charge in [0.25, 0.3) is 5.56 Å². The molecule has 0 aliphatic carbocycles. The summed E-state index contributed by atoms with van der Waals surface area (Å²) in [4.78, 5) is 33.0. The van der Waals surface area contributed by atoms with Crippen molar-refractivity contribution < 1.29 is 0 Å². The zero-order chi connectivity index (χ0) is 14.4. The summed E-state index contributed by atoms with van der Waals surface area (Å²) in [7, 11) is 1.63. The van der Waals surface area contributed by atoms with Crippen LogP contribution in [0.2, 0.25) is 5.02 Å². The molecule has 1 aromatic rings. The predicted octanol–water partition coefficient (Wildman–Crippen LogP) is 0.647. The highest BCUT2D eigenvalue weighted by atomic mass is 35.5. The average Bonchev–Trinajstić information content (AvgIpc) is 2.40. The monoisotopic (exact) mass is 287 g/mol. The van der Waals surface area contributed by atoms with Gasteiger partial charge in [-0.15, -0.1) is 0 Å². The largest absolute Gasteiger partial charge is 0.349 e. The molecule has 2 aliphatic rings. The van der Waals surface area contributed by atoms with E-state index in [1.807, 2.05) is 6.07 Å². The number of fused-ring (bicyclic) bond motifs is 2. The molecule has 0 unspecified atom stereocenters.